The largest absolute Gasteiger partial charge is 0.446 e. The predicted octanol–water partition coefficient (Wildman–Crippen LogP) is 5.31. The fourth-order valence-corrected chi connectivity index (χ4v) is 4.33. The smallest absolute Gasteiger partial charge is 0.360 e. The van der Waals surface area contributed by atoms with Crippen LogP contribution in [0.3, 0.4) is 0 Å². The second-order valence-corrected chi connectivity index (χ2v) is 10.1. The van der Waals surface area contributed by atoms with Crippen LogP contribution >= 0.6 is 11.8 Å². The highest BCUT2D eigenvalue weighted by Gasteiger charge is 2.32. The van der Waals surface area contributed by atoms with Gasteiger partial charge in [0.2, 0.25) is 0 Å². The molecule has 0 unspecified atom stereocenters. The molecule has 3 heterocycles. The number of fused-ring (bicyclic) bond motifs is 1. The van der Waals surface area contributed by atoms with Crippen LogP contribution in [0.5, 0.6) is 0 Å². The van der Waals surface area contributed by atoms with E-state index in [9.17, 15) is 34.8 Å². The van der Waals surface area contributed by atoms with Gasteiger partial charge in [-0.2, -0.15) is 26.3 Å². The third-order valence-electron chi connectivity index (χ3n) is 4.28. The molecule has 0 atom stereocenters. The van der Waals surface area contributed by atoms with Gasteiger partial charge in [-0.25, -0.2) is 13.4 Å². The summed E-state index contributed by atoms with van der Waals surface area (Å²) in [6.07, 6.45) is 0.329. The number of pyridine rings is 2. The molecule has 182 valence electrons. The molecule has 3 aromatic rings. The van der Waals surface area contributed by atoms with E-state index in [0.29, 0.717) is 6.08 Å². The zero-order chi connectivity index (χ0) is 25.3. The molecular weight excluding hydrogens is 508 g/mol. The van der Waals surface area contributed by atoms with Crippen LogP contribution in [-0.2, 0) is 9.84 Å². The molecule has 0 radical (unpaired) electrons. The number of hydrogen-bond acceptors (Lipinski definition) is 7. The second kappa shape index (κ2) is 9.29. The van der Waals surface area contributed by atoms with E-state index in [2.05, 4.69) is 15.3 Å². The van der Waals surface area contributed by atoms with Crippen LogP contribution in [0, 0.1) is 5.41 Å². The van der Waals surface area contributed by atoms with Gasteiger partial charge >= 0.3 is 11.7 Å². The van der Waals surface area contributed by atoms with Crippen LogP contribution in [0.25, 0.3) is 17.0 Å². The molecular formula is C19H15F6N5O2S2. The van der Waals surface area contributed by atoms with Crippen molar-refractivity contribution < 1.29 is 34.8 Å². The Hall–Kier alpha value is -3.07. The minimum absolute atomic E-state index is 0.0367. The number of aromatic nitrogens is 3. The number of thioether (sulfide) groups is 1. The standard InChI is InChI=1S/C19H15F6N5O2S2/c1-2-34(31,32)14-7-11(27-5-3-15(26)18(20,21)22)9-28-17(14)13-10-30-6-4-12(8-16(30)29-13)33-19(23,24)25/h3-10,26-27H,2H2,1H3/b5-3-,26-15?. The van der Waals surface area contributed by atoms with Crippen molar-refractivity contribution in [2.75, 3.05) is 11.1 Å². The lowest BCUT2D eigenvalue weighted by Crippen LogP contribution is -2.19. The Labute approximate surface area is 193 Å². The van der Waals surface area contributed by atoms with Gasteiger partial charge in [-0.15, -0.1) is 0 Å². The number of sulfone groups is 1. The molecule has 0 aliphatic rings. The molecule has 0 saturated heterocycles. The zero-order valence-corrected chi connectivity index (χ0v) is 18.7. The molecule has 0 aliphatic heterocycles. The predicted molar refractivity (Wildman–Crippen MR) is 115 cm³/mol. The summed E-state index contributed by atoms with van der Waals surface area (Å²) in [6.45, 7) is 1.38. The van der Waals surface area contributed by atoms with Crippen molar-refractivity contribution in [1.29, 1.82) is 5.41 Å². The van der Waals surface area contributed by atoms with Crippen LogP contribution in [0.1, 0.15) is 6.92 Å². The third kappa shape index (κ3) is 6.08. The summed E-state index contributed by atoms with van der Waals surface area (Å²) in [5, 5.41) is 9.34. The highest BCUT2D eigenvalue weighted by Crippen LogP contribution is 2.37. The minimum atomic E-state index is -4.83. The Morgan fingerprint density at radius 2 is 1.94 bits per heavy atom. The summed E-state index contributed by atoms with van der Waals surface area (Å²) in [5.41, 5.74) is -5.95. The van der Waals surface area contributed by atoms with E-state index >= 15 is 0 Å². The van der Waals surface area contributed by atoms with Crippen LogP contribution in [0.15, 0.2) is 58.9 Å². The number of nitrogens with one attached hydrogen (secondary N) is 2. The van der Waals surface area contributed by atoms with Crippen molar-refractivity contribution in [1.82, 2.24) is 14.4 Å². The highest BCUT2D eigenvalue weighted by atomic mass is 32.2. The second-order valence-electron chi connectivity index (χ2n) is 6.67. The lowest BCUT2D eigenvalue weighted by Gasteiger charge is -2.09. The maximum atomic E-state index is 12.7. The van der Waals surface area contributed by atoms with E-state index in [1.54, 1.807) is 0 Å². The van der Waals surface area contributed by atoms with Gasteiger partial charge in [0.25, 0.3) is 0 Å². The number of anilines is 1. The number of nitrogens with zero attached hydrogens (tertiary/aromatic N) is 3. The fourth-order valence-electron chi connectivity index (χ4n) is 2.70. The van der Waals surface area contributed by atoms with Gasteiger partial charge in [-0.3, -0.25) is 10.4 Å². The van der Waals surface area contributed by atoms with E-state index < -0.39 is 27.2 Å². The first kappa shape index (κ1) is 25.6. The molecule has 0 amide bonds. The first-order valence-electron chi connectivity index (χ1n) is 9.26. The summed E-state index contributed by atoms with van der Waals surface area (Å²) in [5.74, 6) is -0.320. The van der Waals surface area contributed by atoms with Gasteiger partial charge < -0.3 is 9.72 Å². The first-order chi connectivity index (χ1) is 15.7. The van der Waals surface area contributed by atoms with Crippen molar-refractivity contribution in [3.05, 3.63) is 49.1 Å². The number of rotatable bonds is 7. The summed E-state index contributed by atoms with van der Waals surface area (Å²) in [6, 6.07) is 3.56. The molecule has 0 saturated carbocycles. The molecule has 7 nitrogen and oxygen atoms in total. The molecule has 34 heavy (non-hydrogen) atoms. The molecule has 0 spiro atoms. The lowest BCUT2D eigenvalue weighted by atomic mass is 10.2. The maximum Gasteiger partial charge on any atom is 0.446 e. The van der Waals surface area contributed by atoms with Gasteiger partial charge in [-0.1, -0.05) is 6.92 Å². The molecule has 0 fully saturated rings. The average molecular weight is 523 g/mol. The summed E-state index contributed by atoms with van der Waals surface area (Å²) < 4.78 is 102. The Bertz CT molecular complexity index is 1360. The van der Waals surface area contributed by atoms with Crippen molar-refractivity contribution in [2.24, 2.45) is 0 Å². The molecule has 15 heteroatoms. The number of hydrogen-bond donors (Lipinski definition) is 2. The quantitative estimate of drug-likeness (QED) is 0.247. The van der Waals surface area contributed by atoms with Crippen molar-refractivity contribution >= 4 is 38.6 Å². The summed E-state index contributed by atoms with van der Waals surface area (Å²) in [7, 11) is -3.88. The van der Waals surface area contributed by atoms with E-state index in [1.165, 1.54) is 35.9 Å². The fraction of sp³-hybridized carbons (Fsp3) is 0.211. The Morgan fingerprint density at radius 1 is 1.24 bits per heavy atom. The van der Waals surface area contributed by atoms with Crippen LogP contribution in [0.4, 0.5) is 32.0 Å². The molecule has 0 aromatic carbocycles. The molecule has 2 N–H and O–H groups in total. The Balaban J connectivity index is 2.00. The van der Waals surface area contributed by atoms with Crippen molar-refractivity contribution in [3.8, 4) is 11.4 Å². The number of allylic oxidation sites excluding steroid dienone is 1. The normalized spacial score (nSPS) is 13.0. The molecule has 0 aliphatic carbocycles. The monoisotopic (exact) mass is 523 g/mol. The first-order valence-corrected chi connectivity index (χ1v) is 11.7. The Kier molecular flexibility index (Phi) is 6.98. The summed E-state index contributed by atoms with van der Waals surface area (Å²) >= 11 is -0.320. The van der Waals surface area contributed by atoms with Crippen LogP contribution in [0.2, 0.25) is 0 Å². The number of imidazole rings is 1. The summed E-state index contributed by atoms with van der Waals surface area (Å²) in [4.78, 5) is 7.89. The van der Waals surface area contributed by atoms with E-state index in [4.69, 9.17) is 5.41 Å². The highest BCUT2D eigenvalue weighted by molar-refractivity contribution is 8.00. The van der Waals surface area contributed by atoms with Crippen molar-refractivity contribution in [2.45, 2.75) is 28.4 Å². The van der Waals surface area contributed by atoms with Crippen LogP contribution < -0.4 is 5.32 Å². The van der Waals surface area contributed by atoms with Gasteiger partial charge in [0, 0.05) is 23.5 Å². The maximum absolute atomic E-state index is 12.7. The van der Waals surface area contributed by atoms with Crippen LogP contribution in [-0.4, -0.2) is 45.9 Å². The van der Waals surface area contributed by atoms with E-state index in [0.717, 1.165) is 18.5 Å². The SMILES string of the molecule is CCS(=O)(=O)c1cc(N/C=C\C(=N)C(F)(F)F)cnc1-c1cn2ccc(SC(F)(F)F)cc2n1. The molecule has 3 rings (SSSR count). The Morgan fingerprint density at radius 3 is 2.56 bits per heavy atom. The van der Waals surface area contributed by atoms with Gasteiger partial charge in [0.15, 0.2) is 9.84 Å². The van der Waals surface area contributed by atoms with Gasteiger partial charge in [-0.05, 0) is 36.0 Å². The lowest BCUT2D eigenvalue weighted by molar-refractivity contribution is -0.0584. The van der Waals surface area contributed by atoms with E-state index in [1.807, 2.05) is 0 Å². The number of halogens is 6. The average Bonchev–Trinajstić information content (AvgIpc) is 3.15. The third-order valence-corrected chi connectivity index (χ3v) is 6.74. The van der Waals surface area contributed by atoms with Crippen molar-refractivity contribution in [3.63, 3.8) is 0 Å². The zero-order valence-electron chi connectivity index (χ0n) is 17.1. The van der Waals surface area contributed by atoms with Gasteiger partial charge in [0.05, 0.1) is 22.5 Å². The topological polar surface area (TPSA) is 100 Å². The molecule has 0 bridgehead atoms. The minimum Gasteiger partial charge on any atom is -0.360 e. The number of alkyl halides is 6. The van der Waals surface area contributed by atoms with Gasteiger partial charge in [0.1, 0.15) is 22.7 Å². The molecule has 3 aromatic heterocycles. The van der Waals surface area contributed by atoms with E-state index in [-0.39, 0.29) is 50.0 Å².